The molecule has 2 heterocycles. The van der Waals surface area contributed by atoms with Crippen molar-refractivity contribution in [2.24, 2.45) is 5.73 Å². The van der Waals surface area contributed by atoms with Crippen LogP contribution in [0.15, 0.2) is 95.8 Å². The van der Waals surface area contributed by atoms with Crippen LogP contribution in [-0.2, 0) is 23.9 Å². The van der Waals surface area contributed by atoms with Crippen molar-refractivity contribution in [3.8, 4) is 11.3 Å². The number of aromatic nitrogens is 1. The van der Waals surface area contributed by atoms with Gasteiger partial charge in [0, 0.05) is 23.9 Å². The summed E-state index contributed by atoms with van der Waals surface area (Å²) in [6.45, 7) is 17.5. The fourth-order valence-electron chi connectivity index (χ4n) is 2.67. The maximum absolute atomic E-state index is 12.6. The average molecular weight is 514 g/mol. The van der Waals surface area contributed by atoms with Crippen LogP contribution in [-0.4, -0.2) is 11.4 Å². The van der Waals surface area contributed by atoms with Crippen LogP contribution in [0.1, 0.15) is 43.9 Å². The van der Waals surface area contributed by atoms with Gasteiger partial charge in [-0.25, -0.2) is 4.98 Å². The van der Waals surface area contributed by atoms with Gasteiger partial charge >= 0.3 is 6.18 Å². The second kappa shape index (κ2) is 15.1. The first-order valence-electron chi connectivity index (χ1n) is 11.4. The fourth-order valence-corrected chi connectivity index (χ4v) is 2.67. The lowest BCUT2D eigenvalue weighted by Gasteiger charge is -2.07. The Morgan fingerprint density at radius 1 is 1.03 bits per heavy atom. The summed E-state index contributed by atoms with van der Waals surface area (Å²) in [5, 5.41) is 2.99. The zero-order valence-electron chi connectivity index (χ0n) is 21.5. The van der Waals surface area contributed by atoms with Gasteiger partial charge in [0.1, 0.15) is 11.6 Å². The fraction of sp³-hybridized carbons (Fsp3) is 0.241. The molecule has 0 bridgehead atoms. The summed E-state index contributed by atoms with van der Waals surface area (Å²) >= 11 is 0. The quantitative estimate of drug-likeness (QED) is 0.184. The van der Waals surface area contributed by atoms with E-state index in [-0.39, 0.29) is 6.41 Å². The molecule has 0 aliphatic carbocycles. The first-order valence-corrected chi connectivity index (χ1v) is 11.4. The standard InChI is InChI=1S/C22H21F3N2O.C6H10.CH3NO/c1-15(2)3-4-16-5-7-18(8-6-16)20-11-17(14-28-20)12-26-21-10-9-19(13-27-21)22(23,24)25;1-5(2)6(3)4;2-1-3/h5-11,13-14H,1,3-4,12H2,2H3,(H,26,27);1,3H2,2,4H3;1H,(H2,2,3). The van der Waals surface area contributed by atoms with Crippen molar-refractivity contribution in [1.82, 2.24) is 4.98 Å². The summed E-state index contributed by atoms with van der Waals surface area (Å²) in [4.78, 5) is 12.4. The van der Waals surface area contributed by atoms with Gasteiger partial charge in [-0.3, -0.25) is 4.79 Å². The normalized spacial score (nSPS) is 10.2. The summed E-state index contributed by atoms with van der Waals surface area (Å²) in [7, 11) is 0. The SMILES string of the molecule is C=C(C)C(=C)C.C=C(C)CCc1ccc(-c2cc(CNc3ccc(C(F)(F)F)cn3)co2)cc1.NC=O. The Kier molecular flexibility index (Phi) is 12.7. The number of anilines is 1. The number of amides is 1. The lowest BCUT2D eigenvalue weighted by Crippen LogP contribution is -2.06. The number of primary amides is 1. The van der Waals surface area contributed by atoms with Crippen LogP contribution in [0.2, 0.25) is 0 Å². The van der Waals surface area contributed by atoms with Crippen molar-refractivity contribution in [3.05, 3.63) is 108 Å². The lowest BCUT2D eigenvalue weighted by molar-refractivity contribution is -0.137. The first-order chi connectivity index (χ1) is 17.4. The van der Waals surface area contributed by atoms with Gasteiger partial charge in [0.2, 0.25) is 6.41 Å². The number of alkyl halides is 3. The van der Waals surface area contributed by atoms with Crippen LogP contribution in [0, 0.1) is 0 Å². The summed E-state index contributed by atoms with van der Waals surface area (Å²) < 4.78 is 43.3. The predicted molar refractivity (Wildman–Crippen MR) is 144 cm³/mol. The minimum Gasteiger partial charge on any atom is -0.464 e. The molecule has 8 heteroatoms. The molecule has 1 aromatic carbocycles. The molecule has 3 aromatic rings. The van der Waals surface area contributed by atoms with Crippen LogP contribution in [0.4, 0.5) is 19.0 Å². The minimum atomic E-state index is -4.38. The van der Waals surface area contributed by atoms with Crippen molar-refractivity contribution in [3.63, 3.8) is 0 Å². The molecule has 0 saturated heterocycles. The third-order valence-electron chi connectivity index (χ3n) is 5.03. The summed E-state index contributed by atoms with van der Waals surface area (Å²) in [5.41, 5.74) is 9.78. The van der Waals surface area contributed by atoms with E-state index in [0.717, 1.165) is 58.7 Å². The highest BCUT2D eigenvalue weighted by Gasteiger charge is 2.30. The summed E-state index contributed by atoms with van der Waals surface area (Å²) in [6, 6.07) is 12.4. The van der Waals surface area contributed by atoms with E-state index in [9.17, 15) is 13.2 Å². The number of hydrogen-bond donors (Lipinski definition) is 2. The molecule has 0 fully saturated rings. The first kappa shape index (κ1) is 31.0. The number of pyridine rings is 1. The van der Waals surface area contributed by atoms with Gasteiger partial charge in [0.15, 0.2) is 0 Å². The third kappa shape index (κ3) is 11.9. The summed E-state index contributed by atoms with van der Waals surface area (Å²) in [6.07, 6.45) is 0.238. The molecule has 0 unspecified atom stereocenters. The molecule has 2 aromatic heterocycles. The maximum Gasteiger partial charge on any atom is 0.417 e. The van der Waals surface area contributed by atoms with E-state index >= 15 is 0 Å². The van der Waals surface area contributed by atoms with Crippen molar-refractivity contribution in [1.29, 1.82) is 0 Å². The van der Waals surface area contributed by atoms with Gasteiger partial charge in [-0.15, -0.1) is 6.58 Å². The topological polar surface area (TPSA) is 81.2 Å². The van der Waals surface area contributed by atoms with E-state index in [1.54, 1.807) is 6.26 Å². The largest absolute Gasteiger partial charge is 0.464 e. The number of nitrogens with zero attached hydrogens (tertiary/aromatic N) is 1. The number of carbonyl (C=O) groups is 1. The lowest BCUT2D eigenvalue weighted by atomic mass is 10.0. The van der Waals surface area contributed by atoms with Gasteiger partial charge in [0.05, 0.1) is 11.8 Å². The Balaban J connectivity index is 0.000000657. The second-order valence-corrected chi connectivity index (χ2v) is 8.45. The highest BCUT2D eigenvalue weighted by atomic mass is 19.4. The molecule has 1 amide bonds. The molecule has 0 saturated carbocycles. The van der Waals surface area contributed by atoms with E-state index < -0.39 is 11.7 Å². The molecule has 0 aliphatic heterocycles. The monoisotopic (exact) mass is 513 g/mol. The van der Waals surface area contributed by atoms with Crippen LogP contribution >= 0.6 is 0 Å². The van der Waals surface area contributed by atoms with Gasteiger partial charge in [-0.1, -0.05) is 54.1 Å². The third-order valence-corrected chi connectivity index (χ3v) is 5.03. The summed E-state index contributed by atoms with van der Waals surface area (Å²) in [5.74, 6) is 1.11. The van der Waals surface area contributed by atoms with Crippen molar-refractivity contribution >= 4 is 12.2 Å². The number of rotatable bonds is 8. The smallest absolute Gasteiger partial charge is 0.417 e. The van der Waals surface area contributed by atoms with E-state index in [1.165, 1.54) is 11.6 Å². The van der Waals surface area contributed by atoms with Gasteiger partial charge < -0.3 is 15.5 Å². The molecule has 3 rings (SSSR count). The van der Waals surface area contributed by atoms with E-state index in [0.29, 0.717) is 12.4 Å². The average Bonchev–Trinajstić information content (AvgIpc) is 3.31. The molecule has 5 nitrogen and oxygen atoms in total. The Labute approximate surface area is 216 Å². The molecule has 0 radical (unpaired) electrons. The van der Waals surface area contributed by atoms with Crippen LogP contribution < -0.4 is 11.1 Å². The number of halogens is 3. The number of benzene rings is 1. The number of aryl methyl sites for hydroxylation is 1. The van der Waals surface area contributed by atoms with Gasteiger partial charge in [-0.2, -0.15) is 13.2 Å². The van der Waals surface area contributed by atoms with E-state index in [1.807, 2.05) is 39.0 Å². The number of carbonyl (C=O) groups excluding carboxylic acids is 1. The minimum absolute atomic E-state index is 0.250. The number of furan rings is 1. The molecule has 3 N–H and O–H groups in total. The Bertz CT molecular complexity index is 1150. The van der Waals surface area contributed by atoms with Crippen molar-refractivity contribution in [2.75, 3.05) is 5.32 Å². The molecular weight excluding hydrogens is 479 g/mol. The Hall–Kier alpha value is -4.07. The Morgan fingerprint density at radius 2 is 1.62 bits per heavy atom. The number of allylic oxidation sites excluding steroid dienone is 3. The molecule has 198 valence electrons. The number of nitrogens with two attached hydrogens (primary N) is 1. The number of hydrogen-bond acceptors (Lipinski definition) is 4. The second-order valence-electron chi connectivity index (χ2n) is 8.45. The zero-order valence-corrected chi connectivity index (χ0v) is 21.5. The highest BCUT2D eigenvalue weighted by Crippen LogP contribution is 2.29. The van der Waals surface area contributed by atoms with Gasteiger partial charge in [0.25, 0.3) is 0 Å². The predicted octanol–water partition coefficient (Wildman–Crippen LogP) is 7.72. The van der Waals surface area contributed by atoms with E-state index in [4.69, 9.17) is 9.21 Å². The van der Waals surface area contributed by atoms with Crippen molar-refractivity contribution < 1.29 is 22.4 Å². The van der Waals surface area contributed by atoms with Crippen LogP contribution in [0.5, 0.6) is 0 Å². The highest BCUT2D eigenvalue weighted by molar-refractivity contribution is 5.58. The molecule has 37 heavy (non-hydrogen) atoms. The molecule has 0 atom stereocenters. The Morgan fingerprint density at radius 3 is 2.08 bits per heavy atom. The molecule has 0 spiro atoms. The zero-order chi connectivity index (χ0) is 28.0. The number of nitrogens with one attached hydrogen (secondary N) is 1. The van der Waals surface area contributed by atoms with Gasteiger partial charge in [-0.05, 0) is 57.4 Å². The maximum atomic E-state index is 12.6. The van der Waals surface area contributed by atoms with E-state index in [2.05, 4.69) is 47.9 Å². The van der Waals surface area contributed by atoms with Crippen LogP contribution in [0.25, 0.3) is 11.3 Å². The molecule has 0 aliphatic rings. The van der Waals surface area contributed by atoms with Crippen molar-refractivity contribution in [2.45, 2.75) is 46.3 Å². The van der Waals surface area contributed by atoms with Crippen LogP contribution in [0.3, 0.4) is 0 Å². The molecular formula is C29H34F3N3O2.